The van der Waals surface area contributed by atoms with Gasteiger partial charge in [0.2, 0.25) is 5.91 Å². The van der Waals surface area contributed by atoms with E-state index in [1.807, 2.05) is 29.6 Å². The van der Waals surface area contributed by atoms with Crippen LogP contribution in [-0.4, -0.2) is 44.5 Å². The maximum absolute atomic E-state index is 12.1. The molecule has 1 amide bonds. The molecule has 24 heavy (non-hydrogen) atoms. The molecule has 1 N–H and O–H groups in total. The predicted molar refractivity (Wildman–Crippen MR) is 89.2 cm³/mol. The highest BCUT2D eigenvalue weighted by atomic mass is 16.2. The lowest BCUT2D eigenvalue weighted by atomic mass is 10.00. The van der Waals surface area contributed by atoms with Crippen LogP contribution in [0.15, 0.2) is 31.0 Å². The number of rotatable bonds is 4. The Balaban J connectivity index is 1.87. The third-order valence-corrected chi connectivity index (χ3v) is 4.36. The molecule has 3 rings (SSSR count). The van der Waals surface area contributed by atoms with Gasteiger partial charge in [0.25, 0.3) is 0 Å². The van der Waals surface area contributed by atoms with E-state index in [9.17, 15) is 10.1 Å². The van der Waals surface area contributed by atoms with E-state index in [4.69, 9.17) is 0 Å². The Morgan fingerprint density at radius 2 is 2.33 bits per heavy atom. The molecule has 1 aliphatic heterocycles. The molecule has 3 heterocycles. The van der Waals surface area contributed by atoms with E-state index in [2.05, 4.69) is 21.4 Å². The number of imidazole rings is 1. The van der Waals surface area contributed by atoms with Crippen molar-refractivity contribution in [3.63, 3.8) is 0 Å². The Hall–Kier alpha value is -2.88. The van der Waals surface area contributed by atoms with Crippen molar-refractivity contribution in [1.29, 1.82) is 5.26 Å². The summed E-state index contributed by atoms with van der Waals surface area (Å²) in [4.78, 5) is 22.4. The molecular weight excluding hydrogens is 304 g/mol. The minimum Gasteiger partial charge on any atom is -0.379 e. The van der Waals surface area contributed by atoms with Gasteiger partial charge in [-0.15, -0.1) is 0 Å². The molecule has 7 nitrogen and oxygen atoms in total. The summed E-state index contributed by atoms with van der Waals surface area (Å²) < 4.78 is 1.91. The van der Waals surface area contributed by atoms with Crippen LogP contribution in [-0.2, 0) is 11.8 Å². The average Bonchev–Trinajstić information content (AvgIpc) is 3.21. The Bertz CT molecular complexity index is 777. The van der Waals surface area contributed by atoms with Crippen molar-refractivity contribution in [2.45, 2.75) is 25.3 Å². The molecule has 0 unspecified atom stereocenters. The van der Waals surface area contributed by atoms with Crippen LogP contribution in [0.25, 0.3) is 0 Å². The van der Waals surface area contributed by atoms with Gasteiger partial charge in [0.1, 0.15) is 6.07 Å². The van der Waals surface area contributed by atoms with E-state index < -0.39 is 0 Å². The van der Waals surface area contributed by atoms with Gasteiger partial charge in [-0.05, 0) is 6.07 Å². The number of aromatic nitrogens is 3. The van der Waals surface area contributed by atoms with Gasteiger partial charge in [-0.1, -0.05) is 6.92 Å². The van der Waals surface area contributed by atoms with Crippen LogP contribution in [0.1, 0.15) is 30.5 Å². The normalized spacial score (nSPS) is 20.0. The Kier molecular flexibility index (Phi) is 4.47. The lowest BCUT2D eigenvalue weighted by molar-refractivity contribution is -0.129. The molecule has 2 atom stereocenters. The standard InChI is InChI=1S/C17H20N6O/c1-3-17(24)23-8-13(15-9-22(2)11-20-15)16(10-23)21-14-4-5-19-7-12(14)6-18/h4-5,7,9,11,13,16H,3,8,10H2,1-2H3,(H,19,21)/t13-,16+/m0/s1. The quantitative estimate of drug-likeness (QED) is 0.921. The van der Waals surface area contributed by atoms with Crippen LogP contribution in [0, 0.1) is 11.3 Å². The highest BCUT2D eigenvalue weighted by Gasteiger charge is 2.37. The highest BCUT2D eigenvalue weighted by molar-refractivity contribution is 5.76. The molecule has 0 saturated carbocycles. The fourth-order valence-electron chi connectivity index (χ4n) is 3.11. The zero-order valence-corrected chi connectivity index (χ0v) is 13.8. The van der Waals surface area contributed by atoms with Crippen LogP contribution >= 0.6 is 0 Å². The molecule has 7 heteroatoms. The van der Waals surface area contributed by atoms with Crippen molar-refractivity contribution < 1.29 is 4.79 Å². The van der Waals surface area contributed by atoms with Crippen molar-refractivity contribution in [1.82, 2.24) is 19.4 Å². The summed E-state index contributed by atoms with van der Waals surface area (Å²) in [5.41, 5.74) is 2.19. The molecule has 1 saturated heterocycles. The maximum atomic E-state index is 12.1. The topological polar surface area (TPSA) is 86.8 Å². The van der Waals surface area contributed by atoms with E-state index in [1.54, 1.807) is 24.8 Å². The summed E-state index contributed by atoms with van der Waals surface area (Å²) in [6, 6.07) is 3.94. The second-order valence-corrected chi connectivity index (χ2v) is 6.01. The predicted octanol–water partition coefficient (Wildman–Crippen LogP) is 1.50. The summed E-state index contributed by atoms with van der Waals surface area (Å²) in [5.74, 6) is 0.219. The van der Waals surface area contributed by atoms with E-state index in [1.165, 1.54) is 0 Å². The second-order valence-electron chi connectivity index (χ2n) is 6.01. The van der Waals surface area contributed by atoms with E-state index in [0.29, 0.717) is 25.1 Å². The number of amides is 1. The molecular formula is C17H20N6O. The molecule has 124 valence electrons. The molecule has 0 bridgehead atoms. The van der Waals surface area contributed by atoms with Gasteiger partial charge in [0, 0.05) is 51.1 Å². The zero-order valence-electron chi connectivity index (χ0n) is 13.8. The van der Waals surface area contributed by atoms with Gasteiger partial charge in [0.15, 0.2) is 0 Å². The van der Waals surface area contributed by atoms with Crippen molar-refractivity contribution in [2.24, 2.45) is 7.05 Å². The summed E-state index contributed by atoms with van der Waals surface area (Å²) in [6.45, 7) is 3.10. The monoisotopic (exact) mass is 324 g/mol. The molecule has 2 aromatic rings. The number of hydrogen-bond donors (Lipinski definition) is 1. The van der Waals surface area contributed by atoms with E-state index in [-0.39, 0.29) is 17.9 Å². The van der Waals surface area contributed by atoms with E-state index in [0.717, 1.165) is 11.4 Å². The smallest absolute Gasteiger partial charge is 0.222 e. The first-order valence-corrected chi connectivity index (χ1v) is 7.98. The lowest BCUT2D eigenvalue weighted by Gasteiger charge is -2.20. The number of nitriles is 1. The molecule has 0 aliphatic carbocycles. The average molecular weight is 324 g/mol. The first kappa shape index (κ1) is 16.0. The summed E-state index contributed by atoms with van der Waals surface area (Å²) in [5, 5.41) is 12.7. The van der Waals surface area contributed by atoms with Crippen LogP contribution in [0.4, 0.5) is 5.69 Å². The molecule has 1 aliphatic rings. The van der Waals surface area contributed by atoms with Crippen LogP contribution in [0.2, 0.25) is 0 Å². The molecule has 0 radical (unpaired) electrons. The van der Waals surface area contributed by atoms with Crippen molar-refractivity contribution >= 4 is 11.6 Å². The third kappa shape index (κ3) is 3.08. The number of carbonyl (C=O) groups is 1. The number of likely N-dealkylation sites (tertiary alicyclic amines) is 1. The van der Waals surface area contributed by atoms with Gasteiger partial charge in [-0.2, -0.15) is 5.26 Å². The largest absolute Gasteiger partial charge is 0.379 e. The highest BCUT2D eigenvalue weighted by Crippen LogP contribution is 2.30. The SMILES string of the molecule is CCC(=O)N1C[C@@H](Nc2ccncc2C#N)[C@H](c2cn(C)cn2)C1. The summed E-state index contributed by atoms with van der Waals surface area (Å²) >= 11 is 0. The number of hydrogen-bond acceptors (Lipinski definition) is 5. The molecule has 2 aromatic heterocycles. The second kappa shape index (κ2) is 6.71. The molecule has 0 aromatic carbocycles. The van der Waals surface area contributed by atoms with E-state index >= 15 is 0 Å². The molecule has 0 spiro atoms. The van der Waals surface area contributed by atoms with Gasteiger partial charge in [-0.3, -0.25) is 9.78 Å². The van der Waals surface area contributed by atoms with Gasteiger partial charge in [-0.25, -0.2) is 4.98 Å². The van der Waals surface area contributed by atoms with Crippen LogP contribution in [0.3, 0.4) is 0 Å². The number of anilines is 1. The van der Waals surface area contributed by atoms with Crippen molar-refractivity contribution in [2.75, 3.05) is 18.4 Å². The fraction of sp³-hybridized carbons (Fsp3) is 0.412. The van der Waals surface area contributed by atoms with Crippen LogP contribution < -0.4 is 5.32 Å². The maximum Gasteiger partial charge on any atom is 0.222 e. The number of aryl methyl sites for hydroxylation is 1. The number of nitrogens with one attached hydrogen (secondary N) is 1. The van der Waals surface area contributed by atoms with Gasteiger partial charge in [0.05, 0.1) is 29.3 Å². The van der Waals surface area contributed by atoms with Crippen LogP contribution in [0.5, 0.6) is 0 Å². The molecule has 1 fully saturated rings. The minimum absolute atomic E-state index is 0.00454. The fourth-order valence-corrected chi connectivity index (χ4v) is 3.11. The summed E-state index contributed by atoms with van der Waals surface area (Å²) in [7, 11) is 1.93. The van der Waals surface area contributed by atoms with Gasteiger partial charge < -0.3 is 14.8 Å². The first-order chi connectivity index (χ1) is 11.6. The summed E-state index contributed by atoms with van der Waals surface area (Å²) in [6.07, 6.45) is 7.44. The van der Waals surface area contributed by atoms with Gasteiger partial charge >= 0.3 is 0 Å². The van der Waals surface area contributed by atoms with Crippen molar-refractivity contribution in [3.05, 3.63) is 42.2 Å². The van der Waals surface area contributed by atoms with Crippen molar-refractivity contribution in [3.8, 4) is 6.07 Å². The number of pyridine rings is 1. The minimum atomic E-state index is 0.00454. The Morgan fingerprint density at radius 3 is 3.00 bits per heavy atom. The first-order valence-electron chi connectivity index (χ1n) is 7.98. The number of nitrogens with zero attached hydrogens (tertiary/aromatic N) is 5. The number of carbonyl (C=O) groups excluding carboxylic acids is 1. The Labute approximate surface area is 140 Å². The zero-order chi connectivity index (χ0) is 17.1. The Morgan fingerprint density at radius 1 is 1.50 bits per heavy atom. The third-order valence-electron chi connectivity index (χ3n) is 4.36. The lowest BCUT2D eigenvalue weighted by Crippen LogP contribution is -2.31.